The number of halogens is 3. The van der Waals surface area contributed by atoms with Gasteiger partial charge in [0.15, 0.2) is 0 Å². The maximum absolute atomic E-state index is 6.12. The highest BCUT2D eigenvalue weighted by Crippen LogP contribution is 2.34. The average Bonchev–Trinajstić information content (AvgIpc) is 2.86. The van der Waals surface area contributed by atoms with Crippen LogP contribution in [0.1, 0.15) is 5.56 Å². The van der Waals surface area contributed by atoms with Gasteiger partial charge in [-0.25, -0.2) is 0 Å². The zero-order chi connectivity index (χ0) is 14.3. The van der Waals surface area contributed by atoms with Gasteiger partial charge in [-0.1, -0.05) is 39.1 Å². The molecular formula is C12H7BrCl2N4O. The molecule has 3 aromatic rings. The lowest BCUT2D eigenvalue weighted by Crippen LogP contribution is -2.01. The topological polar surface area (TPSA) is 52.3 Å². The van der Waals surface area contributed by atoms with E-state index in [9.17, 15) is 0 Å². The van der Waals surface area contributed by atoms with Gasteiger partial charge in [0.05, 0.1) is 5.02 Å². The van der Waals surface area contributed by atoms with Gasteiger partial charge in [-0.3, -0.25) is 0 Å². The Morgan fingerprint density at radius 2 is 2.10 bits per heavy atom. The van der Waals surface area contributed by atoms with E-state index in [0.717, 1.165) is 4.47 Å². The van der Waals surface area contributed by atoms with Crippen LogP contribution in [0.15, 0.2) is 29.0 Å². The molecule has 2 aromatic heterocycles. The Morgan fingerprint density at radius 1 is 1.30 bits per heavy atom. The minimum Gasteiger partial charge on any atom is -0.437 e. The number of hydrogen-bond acceptors (Lipinski definition) is 4. The Bertz CT molecular complexity index is 805. The van der Waals surface area contributed by atoms with Crippen LogP contribution >= 0.6 is 39.1 Å². The molecule has 102 valence electrons. The van der Waals surface area contributed by atoms with Crippen molar-refractivity contribution in [3.05, 3.63) is 44.7 Å². The molecule has 0 radical (unpaired) electrons. The van der Waals surface area contributed by atoms with Crippen molar-refractivity contribution in [3.63, 3.8) is 0 Å². The standard InChI is InChI=1S/C12H7BrCl2N4O/c1-6-10(15)18-12-16-5-17-19(12)11(6)20-9-4-7(13)2-3-8(9)14/h2-5H,1H3. The molecule has 0 amide bonds. The van der Waals surface area contributed by atoms with Gasteiger partial charge in [0, 0.05) is 10.0 Å². The molecule has 0 atom stereocenters. The molecule has 3 rings (SSSR count). The van der Waals surface area contributed by atoms with E-state index >= 15 is 0 Å². The number of ether oxygens (including phenoxy) is 1. The lowest BCUT2D eigenvalue weighted by molar-refractivity contribution is 0.442. The van der Waals surface area contributed by atoms with E-state index < -0.39 is 0 Å². The van der Waals surface area contributed by atoms with Gasteiger partial charge in [-0.15, -0.1) is 0 Å². The third kappa shape index (κ3) is 2.34. The quantitative estimate of drug-likeness (QED) is 0.628. The van der Waals surface area contributed by atoms with Crippen LogP contribution < -0.4 is 4.74 Å². The van der Waals surface area contributed by atoms with Crippen LogP contribution in [-0.2, 0) is 0 Å². The third-order valence-corrected chi connectivity index (χ3v) is 3.82. The van der Waals surface area contributed by atoms with Gasteiger partial charge in [-0.05, 0) is 25.1 Å². The molecule has 0 aliphatic carbocycles. The molecule has 0 spiro atoms. The first-order valence-electron chi connectivity index (χ1n) is 5.55. The fraction of sp³-hybridized carbons (Fsp3) is 0.0833. The Kier molecular flexibility index (Phi) is 3.54. The molecule has 0 bridgehead atoms. The molecule has 0 saturated heterocycles. The number of rotatable bonds is 2. The van der Waals surface area contributed by atoms with E-state index in [4.69, 9.17) is 27.9 Å². The molecule has 0 unspecified atom stereocenters. The summed E-state index contributed by atoms with van der Waals surface area (Å²) in [4.78, 5) is 8.11. The maximum Gasteiger partial charge on any atom is 0.256 e. The normalized spacial score (nSPS) is 11.0. The van der Waals surface area contributed by atoms with Crippen molar-refractivity contribution in [2.45, 2.75) is 6.92 Å². The van der Waals surface area contributed by atoms with Crippen LogP contribution in [0.25, 0.3) is 5.78 Å². The van der Waals surface area contributed by atoms with Crippen molar-refractivity contribution in [1.82, 2.24) is 19.6 Å². The van der Waals surface area contributed by atoms with Crippen molar-refractivity contribution >= 4 is 44.9 Å². The van der Waals surface area contributed by atoms with E-state index in [1.807, 2.05) is 6.07 Å². The summed E-state index contributed by atoms with van der Waals surface area (Å²) in [5.41, 5.74) is 0.653. The van der Waals surface area contributed by atoms with E-state index in [1.54, 1.807) is 19.1 Å². The lowest BCUT2D eigenvalue weighted by atomic mass is 10.3. The molecule has 0 aliphatic heterocycles. The summed E-state index contributed by atoms with van der Waals surface area (Å²) in [5, 5.41) is 4.87. The smallest absolute Gasteiger partial charge is 0.256 e. The second-order valence-corrected chi connectivity index (χ2v) is 5.66. The summed E-state index contributed by atoms with van der Waals surface area (Å²) in [6.07, 6.45) is 1.38. The monoisotopic (exact) mass is 372 g/mol. The molecule has 1 aromatic carbocycles. The fourth-order valence-electron chi connectivity index (χ4n) is 1.65. The highest BCUT2D eigenvalue weighted by molar-refractivity contribution is 9.10. The van der Waals surface area contributed by atoms with Gasteiger partial charge in [0.1, 0.15) is 17.2 Å². The van der Waals surface area contributed by atoms with Crippen molar-refractivity contribution < 1.29 is 4.74 Å². The van der Waals surface area contributed by atoms with E-state index in [2.05, 4.69) is 31.0 Å². The Labute approximate surface area is 132 Å². The third-order valence-electron chi connectivity index (χ3n) is 2.65. The first-order chi connectivity index (χ1) is 9.56. The molecule has 20 heavy (non-hydrogen) atoms. The number of fused-ring (bicyclic) bond motifs is 1. The van der Waals surface area contributed by atoms with Crippen LogP contribution in [-0.4, -0.2) is 19.6 Å². The lowest BCUT2D eigenvalue weighted by Gasteiger charge is -2.12. The molecular weight excluding hydrogens is 367 g/mol. The van der Waals surface area contributed by atoms with Crippen LogP contribution in [0.4, 0.5) is 0 Å². The summed E-state index contributed by atoms with van der Waals surface area (Å²) < 4.78 is 8.17. The van der Waals surface area contributed by atoms with Crippen LogP contribution in [0.5, 0.6) is 11.6 Å². The number of aromatic nitrogens is 4. The molecule has 5 nitrogen and oxygen atoms in total. The van der Waals surface area contributed by atoms with Crippen LogP contribution in [0.3, 0.4) is 0 Å². The number of benzene rings is 1. The zero-order valence-electron chi connectivity index (χ0n) is 10.1. The van der Waals surface area contributed by atoms with E-state index in [-0.39, 0.29) is 0 Å². The highest BCUT2D eigenvalue weighted by atomic mass is 79.9. The van der Waals surface area contributed by atoms with E-state index in [1.165, 1.54) is 10.8 Å². The second kappa shape index (κ2) is 5.20. The summed E-state index contributed by atoms with van der Waals surface area (Å²) >= 11 is 15.6. The predicted octanol–water partition coefficient (Wildman–Crippen LogP) is 4.29. The maximum atomic E-state index is 6.12. The summed E-state index contributed by atoms with van der Waals surface area (Å²) in [5.74, 6) is 1.28. The Morgan fingerprint density at radius 3 is 2.90 bits per heavy atom. The van der Waals surface area contributed by atoms with Crippen LogP contribution in [0.2, 0.25) is 10.2 Å². The van der Waals surface area contributed by atoms with Crippen molar-refractivity contribution in [3.8, 4) is 11.6 Å². The SMILES string of the molecule is Cc1c(Cl)nc2ncnn2c1Oc1cc(Br)ccc1Cl. The van der Waals surface area contributed by atoms with Gasteiger partial charge < -0.3 is 4.74 Å². The van der Waals surface area contributed by atoms with Gasteiger partial charge in [-0.2, -0.15) is 19.6 Å². The molecule has 2 heterocycles. The summed E-state index contributed by atoms with van der Waals surface area (Å²) in [6.45, 7) is 1.79. The summed E-state index contributed by atoms with van der Waals surface area (Å²) in [6, 6.07) is 5.32. The van der Waals surface area contributed by atoms with Crippen LogP contribution in [0, 0.1) is 6.92 Å². The predicted molar refractivity (Wildman–Crippen MR) is 79.8 cm³/mol. The largest absolute Gasteiger partial charge is 0.437 e. The molecule has 0 aliphatic rings. The fourth-order valence-corrected chi connectivity index (χ4v) is 2.31. The minimum atomic E-state index is 0.312. The molecule has 0 saturated carbocycles. The Balaban J connectivity index is 2.17. The highest BCUT2D eigenvalue weighted by Gasteiger charge is 2.15. The minimum absolute atomic E-state index is 0.312. The zero-order valence-corrected chi connectivity index (χ0v) is 13.2. The number of nitrogens with zero attached hydrogens (tertiary/aromatic N) is 4. The summed E-state index contributed by atoms with van der Waals surface area (Å²) in [7, 11) is 0. The molecule has 8 heteroatoms. The Hall–Kier alpha value is -1.37. The van der Waals surface area contributed by atoms with E-state index in [0.29, 0.717) is 33.1 Å². The second-order valence-electron chi connectivity index (χ2n) is 3.98. The first-order valence-corrected chi connectivity index (χ1v) is 7.10. The van der Waals surface area contributed by atoms with Crippen molar-refractivity contribution in [1.29, 1.82) is 0 Å². The van der Waals surface area contributed by atoms with Gasteiger partial charge >= 0.3 is 0 Å². The average molecular weight is 374 g/mol. The van der Waals surface area contributed by atoms with Crippen molar-refractivity contribution in [2.24, 2.45) is 0 Å². The first kappa shape index (κ1) is 13.6. The molecule has 0 fully saturated rings. The molecule has 0 N–H and O–H groups in total. The number of hydrogen-bond donors (Lipinski definition) is 0. The van der Waals surface area contributed by atoms with Gasteiger partial charge in [0.25, 0.3) is 5.78 Å². The van der Waals surface area contributed by atoms with Crippen molar-refractivity contribution in [2.75, 3.05) is 0 Å². The van der Waals surface area contributed by atoms with Gasteiger partial charge in [0.2, 0.25) is 5.88 Å².